The third-order valence-electron chi connectivity index (χ3n) is 4.73. The zero-order valence-corrected chi connectivity index (χ0v) is 15.1. The summed E-state index contributed by atoms with van der Waals surface area (Å²) in [6.45, 7) is 5.57. The van der Waals surface area contributed by atoms with Crippen LogP contribution in [-0.4, -0.2) is 27.9 Å². The Bertz CT molecular complexity index is 529. The van der Waals surface area contributed by atoms with E-state index >= 15 is 0 Å². The fourth-order valence-electron chi connectivity index (χ4n) is 3.87. The predicted octanol–water partition coefficient (Wildman–Crippen LogP) is 4.89. The number of carboxylic acid groups (broad SMARTS) is 1. The summed E-state index contributed by atoms with van der Waals surface area (Å²) in [6.07, 6.45) is 6.17. The van der Waals surface area contributed by atoms with E-state index in [1.807, 2.05) is 38.3 Å². The second-order valence-corrected chi connectivity index (χ2v) is 8.46. The van der Waals surface area contributed by atoms with Crippen molar-refractivity contribution in [2.45, 2.75) is 70.4 Å². The molecule has 2 rings (SSSR count). The van der Waals surface area contributed by atoms with E-state index in [4.69, 9.17) is 0 Å². The lowest BCUT2D eigenvalue weighted by atomic mass is 9.77. The van der Waals surface area contributed by atoms with Crippen LogP contribution in [-0.2, 0) is 10.3 Å². The first-order chi connectivity index (χ1) is 10.8. The molecule has 128 valence electrons. The summed E-state index contributed by atoms with van der Waals surface area (Å²) in [5, 5.41) is 11.8. The van der Waals surface area contributed by atoms with Gasteiger partial charge in [-0.05, 0) is 44.6 Å². The summed E-state index contributed by atoms with van der Waals surface area (Å²) in [5.41, 5.74) is -1.73. The minimum absolute atomic E-state index is 0.403. The molecule has 4 nitrogen and oxygen atoms in total. The lowest BCUT2D eigenvalue weighted by molar-refractivity contribution is -0.123. The molecule has 1 aromatic rings. The molecule has 1 aliphatic carbocycles. The van der Waals surface area contributed by atoms with Gasteiger partial charge in [0.1, 0.15) is 5.54 Å². The van der Waals surface area contributed by atoms with Gasteiger partial charge in [0.2, 0.25) is 0 Å². The van der Waals surface area contributed by atoms with Crippen LogP contribution in [0, 0.1) is 5.92 Å². The van der Waals surface area contributed by atoms with Gasteiger partial charge in [0.05, 0.1) is 0 Å². The molecule has 0 saturated heterocycles. The number of nitrogens with zero attached hydrogens (tertiary/aromatic N) is 1. The molecule has 1 atom stereocenters. The molecule has 0 aliphatic heterocycles. The molecule has 1 saturated carbocycles. The summed E-state index contributed by atoms with van der Waals surface area (Å²) < 4.78 is 0. The average molecular weight is 337 g/mol. The summed E-state index contributed by atoms with van der Waals surface area (Å²) >= 11 is 1.47. The van der Waals surface area contributed by atoms with E-state index in [0.717, 1.165) is 24.0 Å². The molecule has 1 amide bonds. The Hall–Kier alpha value is -1.36. The summed E-state index contributed by atoms with van der Waals surface area (Å²) in [4.78, 5) is 26.6. The van der Waals surface area contributed by atoms with Crippen molar-refractivity contribution >= 4 is 23.7 Å². The van der Waals surface area contributed by atoms with Crippen LogP contribution >= 0.6 is 11.3 Å². The van der Waals surface area contributed by atoms with Crippen LogP contribution in [0.15, 0.2) is 17.5 Å². The van der Waals surface area contributed by atoms with Crippen molar-refractivity contribution in [3.63, 3.8) is 0 Å². The Balaban J connectivity index is 2.48. The second kappa shape index (κ2) is 7.04. The van der Waals surface area contributed by atoms with E-state index in [1.54, 1.807) is 0 Å². The molecular formula is C18H27NO3S. The van der Waals surface area contributed by atoms with Crippen LogP contribution in [0.2, 0.25) is 0 Å². The van der Waals surface area contributed by atoms with Gasteiger partial charge in [-0.25, -0.2) is 4.79 Å². The van der Waals surface area contributed by atoms with Crippen LogP contribution in [0.25, 0.3) is 0 Å². The van der Waals surface area contributed by atoms with Gasteiger partial charge in [-0.1, -0.05) is 38.2 Å². The minimum atomic E-state index is -1.08. The van der Waals surface area contributed by atoms with Crippen molar-refractivity contribution in [3.8, 4) is 0 Å². The van der Waals surface area contributed by atoms with Gasteiger partial charge in [-0.15, -0.1) is 11.3 Å². The Morgan fingerprint density at radius 3 is 2.43 bits per heavy atom. The monoisotopic (exact) mass is 337 g/mol. The lowest BCUT2D eigenvalue weighted by Crippen LogP contribution is -2.59. The fourth-order valence-corrected chi connectivity index (χ4v) is 4.76. The Morgan fingerprint density at radius 2 is 2.00 bits per heavy atom. The van der Waals surface area contributed by atoms with Gasteiger partial charge in [0, 0.05) is 10.4 Å². The number of hydrogen-bond acceptors (Lipinski definition) is 3. The summed E-state index contributed by atoms with van der Waals surface area (Å²) in [6, 6.07) is 3.78. The van der Waals surface area contributed by atoms with E-state index in [-0.39, 0.29) is 0 Å². The van der Waals surface area contributed by atoms with Crippen molar-refractivity contribution in [1.82, 2.24) is 4.90 Å². The molecule has 1 aromatic heterocycles. The summed E-state index contributed by atoms with van der Waals surface area (Å²) in [7, 11) is 0. The highest BCUT2D eigenvalue weighted by molar-refractivity contribution is 7.10. The molecule has 0 bridgehead atoms. The zero-order chi connectivity index (χ0) is 17.1. The van der Waals surface area contributed by atoms with Crippen LogP contribution < -0.4 is 0 Å². The van der Waals surface area contributed by atoms with Crippen LogP contribution in [0.1, 0.15) is 64.2 Å². The summed E-state index contributed by atoms with van der Waals surface area (Å²) in [5.74, 6) is 0.403. The molecular weight excluding hydrogens is 310 g/mol. The Kier molecular flexibility index (Phi) is 5.50. The number of rotatable bonds is 5. The molecule has 0 unspecified atom stereocenters. The Morgan fingerprint density at radius 1 is 1.35 bits per heavy atom. The van der Waals surface area contributed by atoms with E-state index in [1.165, 1.54) is 35.5 Å². The molecule has 1 aliphatic rings. The second-order valence-electron chi connectivity index (χ2n) is 7.52. The van der Waals surface area contributed by atoms with Crippen molar-refractivity contribution in [2.24, 2.45) is 5.92 Å². The number of amides is 1. The number of carbonyl (C=O) groups excluding carboxylic acids is 1. The normalized spacial score (nSPS) is 19.1. The SMILES string of the molecule is CC(C)(C)N(C(=O)O)[C@](C=O)(CC1CCCCC1)c1cccs1. The number of carbonyl (C=O) groups is 2. The third kappa shape index (κ3) is 3.77. The van der Waals surface area contributed by atoms with E-state index in [2.05, 4.69) is 0 Å². The number of thiophene rings is 1. The van der Waals surface area contributed by atoms with Gasteiger partial charge in [0.15, 0.2) is 6.29 Å². The quantitative estimate of drug-likeness (QED) is 0.778. The van der Waals surface area contributed by atoms with Crippen molar-refractivity contribution in [1.29, 1.82) is 0 Å². The van der Waals surface area contributed by atoms with Crippen LogP contribution in [0.4, 0.5) is 4.79 Å². The molecule has 0 aromatic carbocycles. The molecule has 1 N–H and O–H groups in total. The number of hydrogen-bond donors (Lipinski definition) is 1. The fraction of sp³-hybridized carbons (Fsp3) is 0.667. The third-order valence-corrected chi connectivity index (χ3v) is 5.77. The van der Waals surface area contributed by atoms with Gasteiger partial charge < -0.3 is 9.90 Å². The molecule has 0 radical (unpaired) electrons. The van der Waals surface area contributed by atoms with Gasteiger partial charge >= 0.3 is 6.09 Å². The molecule has 1 heterocycles. The predicted molar refractivity (Wildman–Crippen MR) is 92.9 cm³/mol. The first kappa shape index (κ1) is 18.0. The van der Waals surface area contributed by atoms with Gasteiger partial charge in [0.25, 0.3) is 0 Å². The maximum absolute atomic E-state index is 12.3. The maximum Gasteiger partial charge on any atom is 0.408 e. The van der Waals surface area contributed by atoms with Gasteiger partial charge in [-0.2, -0.15) is 0 Å². The van der Waals surface area contributed by atoms with E-state index in [0.29, 0.717) is 12.3 Å². The first-order valence-electron chi connectivity index (χ1n) is 8.35. The highest BCUT2D eigenvalue weighted by Gasteiger charge is 2.48. The smallest absolute Gasteiger partial charge is 0.408 e. The lowest BCUT2D eigenvalue weighted by Gasteiger charge is -2.47. The first-order valence-corrected chi connectivity index (χ1v) is 9.23. The van der Waals surface area contributed by atoms with E-state index in [9.17, 15) is 14.7 Å². The van der Waals surface area contributed by atoms with Crippen molar-refractivity contribution in [3.05, 3.63) is 22.4 Å². The van der Waals surface area contributed by atoms with Gasteiger partial charge in [-0.3, -0.25) is 4.90 Å². The molecule has 0 spiro atoms. The molecule has 5 heteroatoms. The Labute approximate surface area is 142 Å². The van der Waals surface area contributed by atoms with Crippen LogP contribution in [0.5, 0.6) is 0 Å². The topological polar surface area (TPSA) is 57.6 Å². The number of aldehydes is 1. The maximum atomic E-state index is 12.3. The van der Waals surface area contributed by atoms with Crippen molar-refractivity contribution < 1.29 is 14.7 Å². The van der Waals surface area contributed by atoms with Crippen LogP contribution in [0.3, 0.4) is 0 Å². The minimum Gasteiger partial charge on any atom is -0.465 e. The van der Waals surface area contributed by atoms with E-state index < -0.39 is 17.2 Å². The zero-order valence-electron chi connectivity index (χ0n) is 14.2. The largest absolute Gasteiger partial charge is 0.465 e. The highest BCUT2D eigenvalue weighted by Crippen LogP contribution is 2.43. The standard InChI is InChI=1S/C18H27NO3S/c1-17(2,3)19(16(21)22)18(13-20,15-10-7-11-23-15)12-14-8-5-4-6-9-14/h7,10-11,13-14H,4-6,8-9,12H2,1-3H3,(H,21,22)/t18-/m0/s1. The highest BCUT2D eigenvalue weighted by atomic mass is 32.1. The molecule has 1 fully saturated rings. The average Bonchev–Trinajstić information content (AvgIpc) is 3.00. The molecule has 23 heavy (non-hydrogen) atoms. The van der Waals surface area contributed by atoms with Crippen molar-refractivity contribution in [2.75, 3.05) is 0 Å².